The highest BCUT2D eigenvalue weighted by molar-refractivity contribution is 5.67. The molecule has 0 radical (unpaired) electrons. The molecule has 4 nitrogen and oxygen atoms in total. The van der Waals surface area contributed by atoms with Crippen molar-refractivity contribution in [1.82, 2.24) is 9.80 Å². The van der Waals surface area contributed by atoms with Crippen molar-refractivity contribution in [1.29, 1.82) is 0 Å². The van der Waals surface area contributed by atoms with Gasteiger partial charge in [0.2, 0.25) is 0 Å². The van der Waals surface area contributed by atoms with E-state index in [1.807, 2.05) is 11.8 Å². The van der Waals surface area contributed by atoms with Crippen LogP contribution in [0.4, 0.5) is 4.79 Å². The van der Waals surface area contributed by atoms with Gasteiger partial charge in [0.25, 0.3) is 0 Å². The Morgan fingerprint density at radius 3 is 2.31 bits per heavy atom. The van der Waals surface area contributed by atoms with Gasteiger partial charge in [0.15, 0.2) is 6.23 Å². The van der Waals surface area contributed by atoms with Crippen molar-refractivity contribution in [3.8, 4) is 0 Å². The third-order valence-corrected chi connectivity index (χ3v) is 3.21. The summed E-state index contributed by atoms with van der Waals surface area (Å²) in [6.07, 6.45) is 3.17. The second-order valence-corrected chi connectivity index (χ2v) is 4.25. The van der Waals surface area contributed by atoms with E-state index in [0.717, 1.165) is 39.0 Å². The van der Waals surface area contributed by atoms with Gasteiger partial charge < -0.3 is 9.64 Å². The van der Waals surface area contributed by atoms with Crippen LogP contribution in [0.5, 0.6) is 0 Å². The van der Waals surface area contributed by atoms with E-state index in [1.165, 1.54) is 6.42 Å². The van der Waals surface area contributed by atoms with Gasteiger partial charge in [0.1, 0.15) is 0 Å². The largest absolute Gasteiger partial charge is 0.430 e. The minimum atomic E-state index is -0.154. The van der Waals surface area contributed by atoms with Crippen molar-refractivity contribution in [2.45, 2.75) is 46.3 Å². The third-order valence-electron chi connectivity index (χ3n) is 3.21. The summed E-state index contributed by atoms with van der Waals surface area (Å²) >= 11 is 0. The Hall–Kier alpha value is -0.770. The van der Waals surface area contributed by atoms with Crippen LogP contribution in [0.3, 0.4) is 0 Å². The molecule has 0 spiro atoms. The molecule has 0 aromatic heterocycles. The molecule has 0 bridgehead atoms. The van der Waals surface area contributed by atoms with Crippen molar-refractivity contribution in [3.05, 3.63) is 0 Å². The predicted molar refractivity (Wildman–Crippen MR) is 64.3 cm³/mol. The van der Waals surface area contributed by atoms with Crippen LogP contribution in [-0.4, -0.2) is 48.3 Å². The van der Waals surface area contributed by atoms with E-state index in [0.29, 0.717) is 0 Å². The van der Waals surface area contributed by atoms with E-state index in [4.69, 9.17) is 4.74 Å². The number of ether oxygens (including phenoxy) is 1. The molecule has 1 unspecified atom stereocenters. The van der Waals surface area contributed by atoms with Gasteiger partial charge in [0.05, 0.1) is 0 Å². The Balaban J connectivity index is 2.37. The van der Waals surface area contributed by atoms with Crippen LogP contribution in [0.2, 0.25) is 0 Å². The summed E-state index contributed by atoms with van der Waals surface area (Å²) in [4.78, 5) is 15.8. The van der Waals surface area contributed by atoms with E-state index in [1.54, 1.807) is 0 Å². The second kappa shape index (κ2) is 6.74. The molecule has 0 aliphatic carbocycles. The Morgan fingerprint density at radius 2 is 1.81 bits per heavy atom. The Bertz CT molecular complexity index is 211. The number of hydrogen-bond acceptors (Lipinski definition) is 3. The van der Waals surface area contributed by atoms with E-state index in [9.17, 15) is 4.79 Å². The maximum absolute atomic E-state index is 11.8. The molecule has 0 aromatic rings. The normalized spacial score (nSPS) is 18.6. The van der Waals surface area contributed by atoms with E-state index >= 15 is 0 Å². The topological polar surface area (TPSA) is 32.8 Å². The minimum absolute atomic E-state index is 0.121. The molecule has 1 saturated heterocycles. The fourth-order valence-corrected chi connectivity index (χ4v) is 2.11. The summed E-state index contributed by atoms with van der Waals surface area (Å²) in [6, 6.07) is 0. The zero-order valence-corrected chi connectivity index (χ0v) is 10.7. The molecule has 16 heavy (non-hydrogen) atoms. The first-order valence-electron chi connectivity index (χ1n) is 6.38. The Labute approximate surface area is 98.5 Å². The Kier molecular flexibility index (Phi) is 5.60. The molecule has 0 aromatic carbocycles. The van der Waals surface area contributed by atoms with Crippen molar-refractivity contribution < 1.29 is 9.53 Å². The number of carbonyl (C=O) groups is 1. The lowest BCUT2D eigenvalue weighted by atomic mass is 10.1. The molecule has 0 N–H and O–H groups in total. The zero-order valence-electron chi connectivity index (χ0n) is 10.7. The highest BCUT2D eigenvalue weighted by Crippen LogP contribution is 2.11. The number of rotatable bonds is 4. The molecule has 0 saturated carbocycles. The smallest absolute Gasteiger partial charge is 0.411 e. The predicted octanol–water partition coefficient (Wildman–Crippen LogP) is 2.30. The lowest BCUT2D eigenvalue weighted by Crippen LogP contribution is -2.42. The molecule has 1 atom stereocenters. The maximum Gasteiger partial charge on any atom is 0.411 e. The van der Waals surface area contributed by atoms with Gasteiger partial charge in [-0.25, -0.2) is 4.79 Å². The number of piperidine rings is 1. The molecule has 1 amide bonds. The maximum atomic E-state index is 11.8. The number of amides is 1. The van der Waals surface area contributed by atoms with Crippen LogP contribution in [0.15, 0.2) is 0 Å². The molecule has 4 heteroatoms. The summed E-state index contributed by atoms with van der Waals surface area (Å²) < 4.78 is 5.45. The van der Waals surface area contributed by atoms with Gasteiger partial charge in [-0.05, 0) is 39.3 Å². The molecule has 1 aliphatic heterocycles. The first kappa shape index (κ1) is 13.3. The van der Waals surface area contributed by atoms with Crippen molar-refractivity contribution in [3.63, 3.8) is 0 Å². The average Bonchev–Trinajstić information content (AvgIpc) is 2.31. The first-order chi connectivity index (χ1) is 7.69. The fraction of sp³-hybridized carbons (Fsp3) is 0.917. The lowest BCUT2D eigenvalue weighted by molar-refractivity contribution is -0.0146. The number of hydrogen-bond donors (Lipinski definition) is 0. The minimum Gasteiger partial charge on any atom is -0.430 e. The molecule has 1 fully saturated rings. The molecule has 1 heterocycles. The summed E-state index contributed by atoms with van der Waals surface area (Å²) in [6.45, 7) is 9.61. The molecular formula is C12H24N2O2. The van der Waals surface area contributed by atoms with Gasteiger partial charge >= 0.3 is 6.09 Å². The van der Waals surface area contributed by atoms with Crippen LogP contribution in [0.25, 0.3) is 0 Å². The van der Waals surface area contributed by atoms with Crippen LogP contribution in [0.1, 0.15) is 40.0 Å². The van der Waals surface area contributed by atoms with E-state index in [2.05, 4.69) is 18.7 Å². The van der Waals surface area contributed by atoms with Crippen molar-refractivity contribution in [2.75, 3.05) is 26.2 Å². The first-order valence-corrected chi connectivity index (χ1v) is 6.38. The average molecular weight is 228 g/mol. The standard InChI is InChI=1S/C12H24N2O2/c1-4-13(5-2)11(3)16-12(15)14-9-7-6-8-10-14/h11H,4-10H2,1-3H3. The van der Waals surface area contributed by atoms with Crippen LogP contribution < -0.4 is 0 Å². The number of likely N-dealkylation sites (tertiary alicyclic amines) is 1. The van der Waals surface area contributed by atoms with Gasteiger partial charge in [-0.3, -0.25) is 4.90 Å². The second-order valence-electron chi connectivity index (χ2n) is 4.25. The monoisotopic (exact) mass is 228 g/mol. The molecule has 1 aliphatic rings. The van der Waals surface area contributed by atoms with E-state index in [-0.39, 0.29) is 12.3 Å². The van der Waals surface area contributed by atoms with E-state index < -0.39 is 0 Å². The highest BCUT2D eigenvalue weighted by atomic mass is 16.6. The van der Waals surface area contributed by atoms with Gasteiger partial charge in [-0.1, -0.05) is 13.8 Å². The van der Waals surface area contributed by atoms with Crippen LogP contribution in [0, 0.1) is 0 Å². The fourth-order valence-electron chi connectivity index (χ4n) is 2.11. The SMILES string of the molecule is CCN(CC)C(C)OC(=O)N1CCCCC1. The molecule has 1 rings (SSSR count). The summed E-state index contributed by atoms with van der Waals surface area (Å²) in [5.74, 6) is 0. The highest BCUT2D eigenvalue weighted by Gasteiger charge is 2.21. The van der Waals surface area contributed by atoms with Crippen molar-refractivity contribution >= 4 is 6.09 Å². The summed E-state index contributed by atoms with van der Waals surface area (Å²) in [5, 5.41) is 0. The zero-order chi connectivity index (χ0) is 12.0. The third kappa shape index (κ3) is 3.67. The molecule has 94 valence electrons. The summed E-state index contributed by atoms with van der Waals surface area (Å²) in [7, 11) is 0. The Morgan fingerprint density at radius 1 is 1.25 bits per heavy atom. The quantitative estimate of drug-likeness (QED) is 0.692. The van der Waals surface area contributed by atoms with Gasteiger partial charge in [0, 0.05) is 13.1 Å². The number of nitrogens with zero attached hydrogens (tertiary/aromatic N) is 2. The van der Waals surface area contributed by atoms with Gasteiger partial charge in [-0.15, -0.1) is 0 Å². The van der Waals surface area contributed by atoms with Crippen LogP contribution in [-0.2, 0) is 4.74 Å². The van der Waals surface area contributed by atoms with Crippen molar-refractivity contribution in [2.24, 2.45) is 0 Å². The van der Waals surface area contributed by atoms with Gasteiger partial charge in [-0.2, -0.15) is 0 Å². The van der Waals surface area contributed by atoms with Crippen LogP contribution >= 0.6 is 0 Å². The molecular weight excluding hydrogens is 204 g/mol. The summed E-state index contributed by atoms with van der Waals surface area (Å²) in [5.41, 5.74) is 0. The lowest BCUT2D eigenvalue weighted by Gasteiger charge is -2.31. The number of carbonyl (C=O) groups excluding carboxylic acids is 1.